The molecule has 92 valence electrons. The third-order valence-corrected chi connectivity index (χ3v) is 4.43. The minimum absolute atomic E-state index is 0.131. The van der Waals surface area contributed by atoms with Gasteiger partial charge in [-0.25, -0.2) is 0 Å². The van der Waals surface area contributed by atoms with Gasteiger partial charge in [0, 0.05) is 5.92 Å². The summed E-state index contributed by atoms with van der Waals surface area (Å²) in [5.41, 5.74) is 2.87. The summed E-state index contributed by atoms with van der Waals surface area (Å²) in [5.74, 6) is 1.04. The largest absolute Gasteiger partial charge is 0.392 e. The Morgan fingerprint density at radius 1 is 1.06 bits per heavy atom. The highest BCUT2D eigenvalue weighted by Gasteiger charge is 2.34. The number of nitrogens with one attached hydrogen (secondary N) is 1. The molecule has 0 bridgehead atoms. The molecule has 2 atom stereocenters. The Morgan fingerprint density at radius 3 is 2.65 bits per heavy atom. The van der Waals surface area contributed by atoms with Gasteiger partial charge in [0.2, 0.25) is 0 Å². The summed E-state index contributed by atoms with van der Waals surface area (Å²) in [6, 6.07) is 8.70. The van der Waals surface area contributed by atoms with Crippen LogP contribution in [-0.4, -0.2) is 24.3 Å². The van der Waals surface area contributed by atoms with E-state index in [0.717, 1.165) is 25.9 Å². The molecule has 1 saturated heterocycles. The second-order valence-electron chi connectivity index (χ2n) is 5.42. The van der Waals surface area contributed by atoms with Gasteiger partial charge in [0.25, 0.3) is 0 Å². The fraction of sp³-hybridized carbons (Fsp3) is 0.600. The van der Waals surface area contributed by atoms with Crippen LogP contribution in [0.5, 0.6) is 0 Å². The van der Waals surface area contributed by atoms with E-state index in [1.54, 1.807) is 0 Å². The maximum absolute atomic E-state index is 10.3. The molecule has 0 radical (unpaired) electrons. The molecule has 1 aliphatic heterocycles. The molecular formula is C15H21NO. The number of aliphatic hydroxyl groups excluding tert-OH is 1. The number of fused-ring (bicyclic) bond motifs is 1. The van der Waals surface area contributed by atoms with Crippen molar-refractivity contribution < 1.29 is 5.11 Å². The van der Waals surface area contributed by atoms with Gasteiger partial charge in [-0.2, -0.15) is 0 Å². The van der Waals surface area contributed by atoms with Gasteiger partial charge in [0.05, 0.1) is 6.10 Å². The first-order chi connectivity index (χ1) is 8.36. The van der Waals surface area contributed by atoms with Crippen molar-refractivity contribution in [1.82, 2.24) is 5.32 Å². The first-order valence-corrected chi connectivity index (χ1v) is 6.83. The molecule has 1 heterocycles. The summed E-state index contributed by atoms with van der Waals surface area (Å²) < 4.78 is 0. The summed E-state index contributed by atoms with van der Waals surface area (Å²) in [5, 5.41) is 13.8. The van der Waals surface area contributed by atoms with Crippen LogP contribution in [0.15, 0.2) is 24.3 Å². The highest BCUT2D eigenvalue weighted by atomic mass is 16.3. The molecule has 0 spiro atoms. The predicted molar refractivity (Wildman–Crippen MR) is 69.1 cm³/mol. The van der Waals surface area contributed by atoms with Crippen molar-refractivity contribution in [1.29, 1.82) is 0 Å². The van der Waals surface area contributed by atoms with Gasteiger partial charge < -0.3 is 10.4 Å². The Labute approximate surface area is 103 Å². The van der Waals surface area contributed by atoms with Crippen molar-refractivity contribution in [3.63, 3.8) is 0 Å². The highest BCUT2D eigenvalue weighted by Crippen LogP contribution is 2.40. The molecule has 1 aromatic carbocycles. The van der Waals surface area contributed by atoms with Gasteiger partial charge >= 0.3 is 0 Å². The predicted octanol–water partition coefficient (Wildman–Crippen LogP) is 2.08. The topological polar surface area (TPSA) is 32.3 Å². The van der Waals surface area contributed by atoms with E-state index in [4.69, 9.17) is 0 Å². The number of hydrogen-bond donors (Lipinski definition) is 2. The standard InChI is InChI=1S/C15H21NO/c17-14-6-5-11-3-1-2-4-13(11)15(14)12-7-9-16-10-8-12/h1-4,12,14-17H,5-10H2. The summed E-state index contributed by atoms with van der Waals surface area (Å²) in [4.78, 5) is 0. The van der Waals surface area contributed by atoms with E-state index in [-0.39, 0.29) is 6.10 Å². The Hall–Kier alpha value is -0.860. The summed E-state index contributed by atoms with van der Waals surface area (Å²) in [6.07, 6.45) is 4.25. The normalized spacial score (nSPS) is 29.9. The Kier molecular flexibility index (Phi) is 3.17. The fourth-order valence-electron chi connectivity index (χ4n) is 3.55. The molecule has 2 aliphatic rings. The van der Waals surface area contributed by atoms with Crippen LogP contribution in [0.25, 0.3) is 0 Å². The Morgan fingerprint density at radius 2 is 1.82 bits per heavy atom. The number of benzene rings is 1. The minimum atomic E-state index is -0.131. The summed E-state index contributed by atoms with van der Waals surface area (Å²) in [6.45, 7) is 2.21. The van der Waals surface area contributed by atoms with Crippen LogP contribution in [-0.2, 0) is 6.42 Å². The molecule has 17 heavy (non-hydrogen) atoms. The average molecular weight is 231 g/mol. The van der Waals surface area contributed by atoms with Crippen LogP contribution in [0, 0.1) is 5.92 Å². The number of aryl methyl sites for hydroxylation is 1. The van der Waals surface area contributed by atoms with E-state index < -0.39 is 0 Å². The van der Waals surface area contributed by atoms with Crippen molar-refractivity contribution in [2.45, 2.75) is 37.7 Å². The van der Waals surface area contributed by atoms with Gasteiger partial charge in [-0.15, -0.1) is 0 Å². The zero-order valence-corrected chi connectivity index (χ0v) is 10.2. The lowest BCUT2D eigenvalue weighted by molar-refractivity contribution is 0.0884. The van der Waals surface area contributed by atoms with Crippen LogP contribution in [0.2, 0.25) is 0 Å². The van der Waals surface area contributed by atoms with Crippen molar-refractivity contribution in [2.24, 2.45) is 5.92 Å². The number of rotatable bonds is 1. The van der Waals surface area contributed by atoms with Crippen molar-refractivity contribution in [3.8, 4) is 0 Å². The van der Waals surface area contributed by atoms with E-state index in [9.17, 15) is 5.11 Å². The molecule has 2 nitrogen and oxygen atoms in total. The summed E-state index contributed by atoms with van der Waals surface area (Å²) in [7, 11) is 0. The molecule has 0 amide bonds. The van der Waals surface area contributed by atoms with Crippen LogP contribution in [0.3, 0.4) is 0 Å². The molecule has 1 fully saturated rings. The first-order valence-electron chi connectivity index (χ1n) is 6.83. The van der Waals surface area contributed by atoms with Gasteiger partial charge in [0.15, 0.2) is 0 Å². The molecular weight excluding hydrogens is 210 g/mol. The number of piperidine rings is 1. The summed E-state index contributed by atoms with van der Waals surface area (Å²) >= 11 is 0. The third kappa shape index (κ3) is 2.12. The molecule has 2 unspecified atom stereocenters. The lowest BCUT2D eigenvalue weighted by Gasteiger charge is -2.38. The van der Waals surface area contributed by atoms with Crippen molar-refractivity contribution in [3.05, 3.63) is 35.4 Å². The van der Waals surface area contributed by atoms with Gasteiger partial charge in [-0.3, -0.25) is 0 Å². The van der Waals surface area contributed by atoms with Gasteiger partial charge in [-0.05, 0) is 55.8 Å². The maximum Gasteiger partial charge on any atom is 0.0614 e. The van der Waals surface area contributed by atoms with E-state index in [1.165, 1.54) is 24.0 Å². The quantitative estimate of drug-likeness (QED) is 0.775. The second kappa shape index (κ2) is 4.79. The molecule has 3 rings (SSSR count). The second-order valence-corrected chi connectivity index (χ2v) is 5.42. The molecule has 1 aliphatic carbocycles. The van der Waals surface area contributed by atoms with E-state index in [1.807, 2.05) is 0 Å². The smallest absolute Gasteiger partial charge is 0.0614 e. The molecule has 2 heteroatoms. The minimum Gasteiger partial charge on any atom is -0.392 e. The SMILES string of the molecule is OC1CCc2ccccc2C1C1CCNCC1. The van der Waals surface area contributed by atoms with Crippen molar-refractivity contribution in [2.75, 3.05) is 13.1 Å². The van der Waals surface area contributed by atoms with Crippen LogP contribution in [0.4, 0.5) is 0 Å². The zero-order chi connectivity index (χ0) is 11.7. The highest BCUT2D eigenvalue weighted by molar-refractivity contribution is 5.34. The van der Waals surface area contributed by atoms with Crippen LogP contribution in [0.1, 0.15) is 36.3 Å². The van der Waals surface area contributed by atoms with Crippen LogP contribution >= 0.6 is 0 Å². The third-order valence-electron chi connectivity index (χ3n) is 4.43. The average Bonchev–Trinajstić information content (AvgIpc) is 2.39. The molecule has 1 aromatic rings. The van der Waals surface area contributed by atoms with Gasteiger partial charge in [-0.1, -0.05) is 24.3 Å². The maximum atomic E-state index is 10.3. The monoisotopic (exact) mass is 231 g/mol. The van der Waals surface area contributed by atoms with Crippen LogP contribution < -0.4 is 5.32 Å². The molecule has 0 aromatic heterocycles. The first kappa shape index (κ1) is 11.2. The van der Waals surface area contributed by atoms with E-state index in [0.29, 0.717) is 11.8 Å². The Bertz CT molecular complexity index is 384. The lowest BCUT2D eigenvalue weighted by atomic mass is 9.71. The molecule has 0 saturated carbocycles. The van der Waals surface area contributed by atoms with Crippen molar-refractivity contribution >= 4 is 0 Å². The molecule has 2 N–H and O–H groups in total. The van der Waals surface area contributed by atoms with Gasteiger partial charge in [0.1, 0.15) is 0 Å². The number of hydrogen-bond acceptors (Lipinski definition) is 2. The lowest BCUT2D eigenvalue weighted by Crippen LogP contribution is -2.37. The zero-order valence-electron chi connectivity index (χ0n) is 10.2. The van der Waals surface area contributed by atoms with E-state index >= 15 is 0 Å². The Balaban J connectivity index is 1.91. The number of aliphatic hydroxyl groups is 1. The van der Waals surface area contributed by atoms with E-state index in [2.05, 4.69) is 29.6 Å². The fourth-order valence-corrected chi connectivity index (χ4v) is 3.55.